The standard InChI is InChI=1S/C12H14N4OS/c1-9-15-16-12(18-9)4-6-14-11(17)7-10-3-2-5-13-8-10/h2-3,5,8H,4,6-7H2,1H3,(H,14,17). The Bertz CT molecular complexity index is 512. The van der Waals surface area contributed by atoms with Gasteiger partial charge in [0, 0.05) is 25.4 Å². The van der Waals surface area contributed by atoms with Crippen molar-refractivity contribution in [3.63, 3.8) is 0 Å². The van der Waals surface area contributed by atoms with Gasteiger partial charge in [0.15, 0.2) is 0 Å². The molecule has 0 saturated carbocycles. The average molecular weight is 262 g/mol. The molecule has 0 atom stereocenters. The Hall–Kier alpha value is -1.82. The quantitative estimate of drug-likeness (QED) is 0.877. The maximum atomic E-state index is 11.6. The predicted molar refractivity (Wildman–Crippen MR) is 69.3 cm³/mol. The predicted octanol–water partition coefficient (Wildman–Crippen LogP) is 1.14. The molecule has 0 radical (unpaired) electrons. The molecule has 2 aromatic rings. The SMILES string of the molecule is Cc1nnc(CCNC(=O)Cc2cccnc2)s1. The van der Waals surface area contributed by atoms with Gasteiger partial charge in [0.2, 0.25) is 5.91 Å². The van der Waals surface area contributed by atoms with Gasteiger partial charge >= 0.3 is 0 Å². The fraction of sp³-hybridized carbons (Fsp3) is 0.333. The van der Waals surface area contributed by atoms with Crippen LogP contribution in [0.3, 0.4) is 0 Å². The normalized spacial score (nSPS) is 10.3. The zero-order valence-corrected chi connectivity index (χ0v) is 10.9. The minimum absolute atomic E-state index is 0.00392. The molecule has 94 valence electrons. The molecule has 1 amide bonds. The van der Waals surface area contributed by atoms with Crippen molar-refractivity contribution >= 4 is 17.2 Å². The van der Waals surface area contributed by atoms with E-state index in [-0.39, 0.29) is 5.91 Å². The summed E-state index contributed by atoms with van der Waals surface area (Å²) in [7, 11) is 0. The van der Waals surface area contributed by atoms with E-state index in [0.29, 0.717) is 13.0 Å². The van der Waals surface area contributed by atoms with Gasteiger partial charge in [-0.15, -0.1) is 21.5 Å². The minimum atomic E-state index is 0.00392. The molecule has 2 rings (SSSR count). The lowest BCUT2D eigenvalue weighted by molar-refractivity contribution is -0.120. The van der Waals surface area contributed by atoms with Crippen LogP contribution in [0.1, 0.15) is 15.6 Å². The number of aromatic nitrogens is 3. The van der Waals surface area contributed by atoms with Crippen molar-refractivity contribution in [2.45, 2.75) is 19.8 Å². The van der Waals surface area contributed by atoms with E-state index in [2.05, 4.69) is 20.5 Å². The van der Waals surface area contributed by atoms with Crippen LogP contribution in [0.25, 0.3) is 0 Å². The summed E-state index contributed by atoms with van der Waals surface area (Å²) in [4.78, 5) is 15.6. The Morgan fingerprint density at radius 2 is 2.33 bits per heavy atom. The number of amides is 1. The molecule has 0 aliphatic heterocycles. The summed E-state index contributed by atoms with van der Waals surface area (Å²) in [5, 5.41) is 12.7. The molecular weight excluding hydrogens is 248 g/mol. The van der Waals surface area contributed by atoms with Gasteiger partial charge in [0.1, 0.15) is 10.0 Å². The number of aryl methyl sites for hydroxylation is 1. The second-order valence-electron chi connectivity index (χ2n) is 3.85. The first kappa shape index (κ1) is 12.6. The second kappa shape index (κ2) is 6.20. The van der Waals surface area contributed by atoms with E-state index in [1.54, 1.807) is 23.7 Å². The van der Waals surface area contributed by atoms with Crippen LogP contribution in [-0.2, 0) is 17.6 Å². The van der Waals surface area contributed by atoms with Crippen molar-refractivity contribution in [3.8, 4) is 0 Å². The van der Waals surface area contributed by atoms with E-state index in [1.165, 1.54) is 0 Å². The molecule has 0 aliphatic rings. The van der Waals surface area contributed by atoms with Gasteiger partial charge in [0.25, 0.3) is 0 Å². The van der Waals surface area contributed by atoms with Crippen molar-refractivity contribution < 1.29 is 4.79 Å². The monoisotopic (exact) mass is 262 g/mol. The summed E-state index contributed by atoms with van der Waals surface area (Å²) in [5.41, 5.74) is 0.918. The van der Waals surface area contributed by atoms with Crippen LogP contribution < -0.4 is 5.32 Å². The van der Waals surface area contributed by atoms with Crippen molar-refractivity contribution in [1.29, 1.82) is 0 Å². The lowest BCUT2D eigenvalue weighted by Gasteiger charge is -2.03. The number of nitrogens with one attached hydrogen (secondary N) is 1. The van der Waals surface area contributed by atoms with E-state index < -0.39 is 0 Å². The summed E-state index contributed by atoms with van der Waals surface area (Å²) in [5.74, 6) is 0.00392. The van der Waals surface area contributed by atoms with Gasteiger partial charge in [-0.1, -0.05) is 6.07 Å². The third kappa shape index (κ3) is 3.89. The van der Waals surface area contributed by atoms with E-state index >= 15 is 0 Å². The van der Waals surface area contributed by atoms with Gasteiger partial charge in [-0.2, -0.15) is 0 Å². The third-order valence-corrected chi connectivity index (χ3v) is 3.21. The molecule has 2 aromatic heterocycles. The van der Waals surface area contributed by atoms with Crippen molar-refractivity contribution in [1.82, 2.24) is 20.5 Å². The molecule has 2 heterocycles. The minimum Gasteiger partial charge on any atom is -0.355 e. The highest BCUT2D eigenvalue weighted by atomic mass is 32.1. The van der Waals surface area contributed by atoms with E-state index in [4.69, 9.17) is 0 Å². The second-order valence-corrected chi connectivity index (χ2v) is 5.12. The van der Waals surface area contributed by atoms with Gasteiger partial charge in [0.05, 0.1) is 6.42 Å². The van der Waals surface area contributed by atoms with E-state index in [1.807, 2.05) is 19.1 Å². The number of carbonyl (C=O) groups is 1. The van der Waals surface area contributed by atoms with Gasteiger partial charge in [-0.05, 0) is 18.6 Å². The summed E-state index contributed by atoms with van der Waals surface area (Å²) >= 11 is 1.56. The first-order chi connectivity index (χ1) is 8.74. The highest BCUT2D eigenvalue weighted by Gasteiger charge is 2.04. The molecule has 0 saturated heterocycles. The largest absolute Gasteiger partial charge is 0.355 e. The Kier molecular flexibility index (Phi) is 4.35. The topological polar surface area (TPSA) is 67.8 Å². The molecule has 6 heteroatoms. The maximum Gasteiger partial charge on any atom is 0.224 e. The lowest BCUT2D eigenvalue weighted by Crippen LogP contribution is -2.27. The first-order valence-electron chi connectivity index (χ1n) is 5.68. The fourth-order valence-electron chi connectivity index (χ4n) is 1.50. The molecule has 0 aromatic carbocycles. The number of pyridine rings is 1. The Labute approximate surface area is 109 Å². The Morgan fingerprint density at radius 3 is 3.00 bits per heavy atom. The van der Waals surface area contributed by atoms with Gasteiger partial charge < -0.3 is 5.32 Å². The molecule has 0 aliphatic carbocycles. The molecule has 18 heavy (non-hydrogen) atoms. The number of nitrogens with zero attached hydrogens (tertiary/aromatic N) is 3. The average Bonchev–Trinajstić information content (AvgIpc) is 2.76. The zero-order chi connectivity index (χ0) is 12.8. The van der Waals surface area contributed by atoms with Crippen LogP contribution >= 0.6 is 11.3 Å². The maximum absolute atomic E-state index is 11.6. The Balaban J connectivity index is 1.72. The molecule has 5 nitrogen and oxygen atoms in total. The van der Waals surface area contributed by atoms with Crippen LogP contribution in [0.4, 0.5) is 0 Å². The number of hydrogen-bond acceptors (Lipinski definition) is 5. The Morgan fingerprint density at radius 1 is 1.44 bits per heavy atom. The fourth-order valence-corrected chi connectivity index (χ4v) is 2.21. The molecule has 0 fully saturated rings. The highest BCUT2D eigenvalue weighted by molar-refractivity contribution is 7.11. The van der Waals surface area contributed by atoms with Crippen LogP contribution in [0.15, 0.2) is 24.5 Å². The van der Waals surface area contributed by atoms with E-state index in [9.17, 15) is 4.79 Å². The molecular formula is C12H14N4OS. The van der Waals surface area contributed by atoms with Crippen molar-refractivity contribution in [2.75, 3.05) is 6.54 Å². The van der Waals surface area contributed by atoms with Crippen molar-refractivity contribution in [2.24, 2.45) is 0 Å². The number of rotatable bonds is 5. The van der Waals surface area contributed by atoms with Crippen LogP contribution in [0, 0.1) is 6.92 Å². The van der Waals surface area contributed by atoms with Gasteiger partial charge in [-0.3, -0.25) is 9.78 Å². The van der Waals surface area contributed by atoms with E-state index in [0.717, 1.165) is 22.0 Å². The lowest BCUT2D eigenvalue weighted by atomic mass is 10.2. The first-order valence-corrected chi connectivity index (χ1v) is 6.50. The van der Waals surface area contributed by atoms with Crippen LogP contribution in [0.5, 0.6) is 0 Å². The smallest absolute Gasteiger partial charge is 0.224 e. The molecule has 0 bridgehead atoms. The summed E-state index contributed by atoms with van der Waals surface area (Å²) in [6.45, 7) is 2.51. The molecule has 0 unspecified atom stereocenters. The molecule has 1 N–H and O–H groups in total. The summed E-state index contributed by atoms with van der Waals surface area (Å²) < 4.78 is 0. The van der Waals surface area contributed by atoms with Gasteiger partial charge in [-0.25, -0.2) is 0 Å². The summed E-state index contributed by atoms with van der Waals surface area (Å²) in [6.07, 6.45) is 4.49. The van der Waals surface area contributed by atoms with Crippen molar-refractivity contribution in [3.05, 3.63) is 40.1 Å². The zero-order valence-electron chi connectivity index (χ0n) is 10.1. The van der Waals surface area contributed by atoms with Crippen LogP contribution in [-0.4, -0.2) is 27.6 Å². The van der Waals surface area contributed by atoms with Crippen LogP contribution in [0.2, 0.25) is 0 Å². The summed E-state index contributed by atoms with van der Waals surface area (Å²) in [6, 6.07) is 3.72. The third-order valence-electron chi connectivity index (χ3n) is 2.32. The number of carbonyl (C=O) groups excluding carboxylic acids is 1. The molecule has 0 spiro atoms. The highest BCUT2D eigenvalue weighted by Crippen LogP contribution is 2.07. The number of hydrogen-bond donors (Lipinski definition) is 1.